The number of allylic oxidation sites excluding steroid dienone is 4. The third-order valence-electron chi connectivity index (χ3n) is 7.63. The van der Waals surface area contributed by atoms with Gasteiger partial charge in [0.15, 0.2) is 23.1 Å². The van der Waals surface area contributed by atoms with E-state index in [0.29, 0.717) is 89.2 Å². The Labute approximate surface area is 245 Å². The van der Waals surface area contributed by atoms with Crippen LogP contribution in [0.25, 0.3) is 0 Å². The standard InChI is InChI=1S/C31H30BrNO8/c1-2-40-25-14-19(13-20(32)30(25)41-16-17-9-11-18(12-10-17)31(38)39)27-28-21(5-3-7-23(28)34)33(15-26(36)37)22-6-4-8-24(35)29(22)27/h9-14,27H,2-8,15-16H2,1H3,(H,36,37)(H,38,39). The van der Waals surface area contributed by atoms with Gasteiger partial charge >= 0.3 is 11.9 Å². The SMILES string of the molecule is CCOc1cc(C2C3=C(CCCC3=O)N(CC(=O)O)C3=C2C(=O)CCC3)cc(Br)c1OCc1ccc(C(=O)O)cc1. The molecule has 214 valence electrons. The van der Waals surface area contributed by atoms with Crippen LogP contribution in [0.1, 0.15) is 72.9 Å². The molecule has 0 saturated carbocycles. The van der Waals surface area contributed by atoms with Gasteiger partial charge in [0.1, 0.15) is 13.2 Å². The lowest BCUT2D eigenvalue weighted by atomic mass is 9.71. The lowest BCUT2D eigenvalue weighted by Crippen LogP contribution is -2.41. The highest BCUT2D eigenvalue weighted by molar-refractivity contribution is 9.10. The molecular weight excluding hydrogens is 594 g/mol. The molecule has 5 rings (SSSR count). The van der Waals surface area contributed by atoms with Gasteiger partial charge < -0.3 is 24.6 Å². The summed E-state index contributed by atoms with van der Waals surface area (Å²) in [5.41, 5.74) is 4.02. The molecular formula is C31H30BrNO8. The molecule has 0 unspecified atom stereocenters. The highest BCUT2D eigenvalue weighted by Crippen LogP contribution is 2.51. The van der Waals surface area contributed by atoms with Crippen LogP contribution in [-0.2, 0) is 21.0 Å². The van der Waals surface area contributed by atoms with Crippen molar-refractivity contribution < 1.29 is 38.9 Å². The van der Waals surface area contributed by atoms with E-state index in [9.17, 15) is 24.3 Å². The van der Waals surface area contributed by atoms with Crippen LogP contribution >= 0.6 is 15.9 Å². The number of aromatic carboxylic acids is 1. The van der Waals surface area contributed by atoms with Gasteiger partial charge in [0.2, 0.25) is 0 Å². The van der Waals surface area contributed by atoms with Crippen LogP contribution in [-0.4, -0.2) is 51.8 Å². The van der Waals surface area contributed by atoms with Crippen LogP contribution in [0.4, 0.5) is 0 Å². The summed E-state index contributed by atoms with van der Waals surface area (Å²) in [5, 5.41) is 18.8. The molecule has 2 aromatic carbocycles. The summed E-state index contributed by atoms with van der Waals surface area (Å²) in [4.78, 5) is 51.6. The van der Waals surface area contributed by atoms with Gasteiger partial charge in [-0.2, -0.15) is 0 Å². The van der Waals surface area contributed by atoms with Crippen molar-refractivity contribution in [1.29, 1.82) is 0 Å². The predicted molar refractivity (Wildman–Crippen MR) is 152 cm³/mol. The zero-order valence-electron chi connectivity index (χ0n) is 22.6. The van der Waals surface area contributed by atoms with E-state index in [2.05, 4.69) is 15.9 Å². The molecule has 0 fully saturated rings. The smallest absolute Gasteiger partial charge is 0.335 e. The zero-order chi connectivity index (χ0) is 29.3. The van der Waals surface area contributed by atoms with Gasteiger partial charge in [-0.3, -0.25) is 14.4 Å². The van der Waals surface area contributed by atoms with Crippen molar-refractivity contribution in [2.45, 2.75) is 58.0 Å². The Balaban J connectivity index is 1.58. The van der Waals surface area contributed by atoms with E-state index >= 15 is 0 Å². The molecule has 0 radical (unpaired) electrons. The molecule has 2 N–H and O–H groups in total. The quantitative estimate of drug-likeness (QED) is 0.365. The fourth-order valence-corrected chi connectivity index (χ4v) is 6.51. The highest BCUT2D eigenvalue weighted by Gasteiger charge is 2.44. The molecule has 9 nitrogen and oxygen atoms in total. The van der Waals surface area contributed by atoms with Crippen molar-refractivity contribution in [3.05, 3.63) is 80.1 Å². The lowest BCUT2D eigenvalue weighted by molar-refractivity contribution is -0.138. The minimum Gasteiger partial charge on any atom is -0.490 e. The summed E-state index contributed by atoms with van der Waals surface area (Å²) in [7, 11) is 0. The van der Waals surface area contributed by atoms with Gasteiger partial charge in [-0.1, -0.05) is 12.1 Å². The predicted octanol–water partition coefficient (Wildman–Crippen LogP) is 5.62. The number of carboxylic acid groups (broad SMARTS) is 2. The molecule has 2 aliphatic carbocycles. The minimum atomic E-state index is -1.02. The van der Waals surface area contributed by atoms with Crippen molar-refractivity contribution in [1.82, 2.24) is 4.90 Å². The summed E-state index contributed by atoms with van der Waals surface area (Å²) in [5.74, 6) is -1.92. The van der Waals surface area contributed by atoms with E-state index in [4.69, 9.17) is 14.6 Å². The molecule has 0 amide bonds. The monoisotopic (exact) mass is 623 g/mol. The fraction of sp³-hybridized carbons (Fsp3) is 0.355. The van der Waals surface area contributed by atoms with Gasteiger partial charge in [-0.05, 0) is 83.9 Å². The van der Waals surface area contributed by atoms with Gasteiger partial charge in [0, 0.05) is 41.3 Å². The van der Waals surface area contributed by atoms with Gasteiger partial charge in [0.05, 0.1) is 16.6 Å². The Morgan fingerprint density at radius 2 is 1.54 bits per heavy atom. The van der Waals surface area contributed by atoms with Crippen molar-refractivity contribution >= 4 is 39.4 Å². The van der Waals surface area contributed by atoms with E-state index in [1.807, 2.05) is 13.0 Å². The number of carbonyl (C=O) groups is 4. The number of benzene rings is 2. The van der Waals surface area contributed by atoms with Crippen LogP contribution in [0.2, 0.25) is 0 Å². The van der Waals surface area contributed by atoms with Crippen molar-refractivity contribution in [3.63, 3.8) is 0 Å². The second-order valence-corrected chi connectivity index (χ2v) is 11.1. The first-order valence-electron chi connectivity index (χ1n) is 13.6. The third kappa shape index (κ3) is 5.66. The molecule has 1 aliphatic heterocycles. The molecule has 10 heteroatoms. The maximum atomic E-state index is 13.4. The molecule has 2 aromatic rings. The van der Waals surface area contributed by atoms with Crippen LogP contribution < -0.4 is 9.47 Å². The first-order valence-corrected chi connectivity index (χ1v) is 14.4. The minimum absolute atomic E-state index is 0.0734. The number of hydrogen-bond donors (Lipinski definition) is 2. The molecule has 0 spiro atoms. The number of carboxylic acids is 2. The molecule has 1 heterocycles. The molecule has 0 aromatic heterocycles. The summed E-state index contributed by atoms with van der Waals surface area (Å²) < 4.78 is 12.7. The number of aliphatic carboxylic acids is 1. The van der Waals surface area contributed by atoms with E-state index in [1.165, 1.54) is 12.1 Å². The number of carbonyl (C=O) groups excluding carboxylic acids is 2. The maximum absolute atomic E-state index is 13.4. The summed E-state index contributed by atoms with van der Waals surface area (Å²) in [6.45, 7) is 2.05. The Hall–Kier alpha value is -3.92. The number of rotatable bonds is 9. The van der Waals surface area contributed by atoms with Crippen LogP contribution in [0, 0.1) is 0 Å². The van der Waals surface area contributed by atoms with Crippen molar-refractivity contribution in [3.8, 4) is 11.5 Å². The fourth-order valence-electron chi connectivity index (χ4n) is 5.93. The van der Waals surface area contributed by atoms with Crippen LogP contribution in [0.15, 0.2) is 63.4 Å². The Morgan fingerprint density at radius 1 is 0.927 bits per heavy atom. The number of nitrogens with zero attached hydrogens (tertiary/aromatic N) is 1. The topological polar surface area (TPSA) is 130 Å². The zero-order valence-corrected chi connectivity index (χ0v) is 24.2. The first kappa shape index (κ1) is 28.6. The molecule has 41 heavy (non-hydrogen) atoms. The maximum Gasteiger partial charge on any atom is 0.335 e. The normalized spacial score (nSPS) is 17.4. The number of ether oxygens (including phenoxy) is 2. The Kier molecular flexibility index (Phi) is 8.30. The average molecular weight is 624 g/mol. The molecule has 0 atom stereocenters. The Morgan fingerprint density at radius 3 is 2.07 bits per heavy atom. The summed E-state index contributed by atoms with van der Waals surface area (Å²) in [6, 6.07) is 10.0. The molecule has 0 bridgehead atoms. The molecule has 0 saturated heterocycles. The van der Waals surface area contributed by atoms with E-state index in [0.717, 1.165) is 5.56 Å². The van der Waals surface area contributed by atoms with Crippen molar-refractivity contribution in [2.24, 2.45) is 0 Å². The van der Waals surface area contributed by atoms with Crippen LogP contribution in [0.3, 0.4) is 0 Å². The largest absolute Gasteiger partial charge is 0.490 e. The second kappa shape index (κ2) is 11.9. The van der Waals surface area contributed by atoms with Gasteiger partial charge in [-0.15, -0.1) is 0 Å². The third-order valence-corrected chi connectivity index (χ3v) is 8.22. The number of ketones is 2. The van der Waals surface area contributed by atoms with E-state index in [-0.39, 0.29) is 30.3 Å². The van der Waals surface area contributed by atoms with Gasteiger partial charge in [0.25, 0.3) is 0 Å². The summed E-state index contributed by atoms with van der Waals surface area (Å²) >= 11 is 3.62. The second-order valence-electron chi connectivity index (χ2n) is 10.2. The highest BCUT2D eigenvalue weighted by atomic mass is 79.9. The summed E-state index contributed by atoms with van der Waals surface area (Å²) in [6.07, 6.45) is 3.08. The lowest BCUT2D eigenvalue weighted by Gasteiger charge is -2.43. The number of halogens is 1. The van der Waals surface area contributed by atoms with Crippen molar-refractivity contribution in [2.75, 3.05) is 13.2 Å². The van der Waals surface area contributed by atoms with E-state index in [1.54, 1.807) is 23.1 Å². The number of hydrogen-bond acceptors (Lipinski definition) is 7. The van der Waals surface area contributed by atoms with E-state index < -0.39 is 17.9 Å². The van der Waals surface area contributed by atoms with Gasteiger partial charge in [-0.25, -0.2) is 4.79 Å². The Bertz CT molecular complexity index is 1450. The average Bonchev–Trinajstić information content (AvgIpc) is 2.93. The first-order chi connectivity index (χ1) is 19.7. The van der Waals surface area contributed by atoms with Crippen LogP contribution in [0.5, 0.6) is 11.5 Å². The number of Topliss-reactive ketones (excluding diaryl/α,β-unsaturated/α-hetero) is 2. The molecule has 3 aliphatic rings.